The van der Waals surface area contributed by atoms with Crippen LogP contribution in [-0.2, 0) is 0 Å². The Labute approximate surface area is 125 Å². The van der Waals surface area contributed by atoms with Crippen molar-refractivity contribution in [2.75, 3.05) is 12.3 Å². The minimum atomic E-state index is -0.221. The average molecular weight is 287 g/mol. The van der Waals surface area contributed by atoms with Crippen LogP contribution >= 0.6 is 0 Å². The molecule has 1 heterocycles. The van der Waals surface area contributed by atoms with Gasteiger partial charge in [0.2, 0.25) is 0 Å². The number of aryl methyl sites for hydroxylation is 2. The van der Waals surface area contributed by atoms with Gasteiger partial charge >= 0.3 is 0 Å². The van der Waals surface area contributed by atoms with E-state index in [1.165, 1.54) is 6.07 Å². The van der Waals surface area contributed by atoms with Crippen LogP contribution in [0.15, 0.2) is 30.5 Å². The summed E-state index contributed by atoms with van der Waals surface area (Å²) < 4.78 is 13.4. The van der Waals surface area contributed by atoms with Crippen molar-refractivity contribution in [3.63, 3.8) is 0 Å². The summed E-state index contributed by atoms with van der Waals surface area (Å²) in [6.45, 7) is 6.87. The molecule has 21 heavy (non-hydrogen) atoms. The Kier molecular flexibility index (Phi) is 4.91. The van der Waals surface area contributed by atoms with Crippen LogP contribution in [0.2, 0.25) is 0 Å². The minimum absolute atomic E-state index is 0.0713. The van der Waals surface area contributed by atoms with E-state index >= 15 is 0 Å². The molecule has 0 aliphatic heterocycles. The van der Waals surface area contributed by atoms with Crippen LogP contribution in [0.1, 0.15) is 41.6 Å². The zero-order valence-corrected chi connectivity index (χ0v) is 12.8. The first-order chi connectivity index (χ1) is 10.0. The van der Waals surface area contributed by atoms with E-state index in [9.17, 15) is 4.39 Å². The zero-order chi connectivity index (χ0) is 15.4. The van der Waals surface area contributed by atoms with Gasteiger partial charge in [0.25, 0.3) is 0 Å². The van der Waals surface area contributed by atoms with Gasteiger partial charge in [-0.25, -0.2) is 9.37 Å². The highest BCUT2D eigenvalue weighted by Crippen LogP contribution is 2.29. The summed E-state index contributed by atoms with van der Waals surface area (Å²) in [5.74, 6) is 0.291. The SMILES string of the molecule is CCCNC(c1ccc(F)cc1C)c1cc(C)cnc1N. The first-order valence-electron chi connectivity index (χ1n) is 7.24. The molecule has 2 aromatic rings. The Hall–Kier alpha value is -1.94. The van der Waals surface area contributed by atoms with Crippen molar-refractivity contribution in [1.29, 1.82) is 0 Å². The van der Waals surface area contributed by atoms with Crippen molar-refractivity contribution >= 4 is 5.82 Å². The molecule has 0 fully saturated rings. The van der Waals surface area contributed by atoms with Crippen LogP contribution in [0.25, 0.3) is 0 Å². The van der Waals surface area contributed by atoms with Crippen LogP contribution in [-0.4, -0.2) is 11.5 Å². The summed E-state index contributed by atoms with van der Waals surface area (Å²) in [6.07, 6.45) is 2.77. The first-order valence-corrected chi connectivity index (χ1v) is 7.24. The molecule has 1 unspecified atom stereocenters. The average Bonchev–Trinajstić information content (AvgIpc) is 2.44. The number of hydrogen-bond acceptors (Lipinski definition) is 3. The normalized spacial score (nSPS) is 12.4. The van der Waals surface area contributed by atoms with Crippen LogP contribution < -0.4 is 11.1 Å². The number of nitrogens with one attached hydrogen (secondary N) is 1. The second kappa shape index (κ2) is 6.68. The van der Waals surface area contributed by atoms with Gasteiger partial charge in [0.1, 0.15) is 11.6 Å². The number of aromatic nitrogens is 1. The second-order valence-corrected chi connectivity index (χ2v) is 5.38. The van der Waals surface area contributed by atoms with Crippen molar-refractivity contribution < 1.29 is 4.39 Å². The molecule has 3 N–H and O–H groups in total. The van der Waals surface area contributed by atoms with Gasteiger partial charge in [-0.05, 0) is 61.7 Å². The molecule has 0 spiro atoms. The molecule has 3 nitrogen and oxygen atoms in total. The fraction of sp³-hybridized carbons (Fsp3) is 0.353. The monoisotopic (exact) mass is 287 g/mol. The molecule has 1 aromatic heterocycles. The molecule has 0 saturated heterocycles. The Balaban J connectivity index is 2.49. The highest BCUT2D eigenvalue weighted by molar-refractivity contribution is 5.48. The summed E-state index contributed by atoms with van der Waals surface area (Å²) in [4.78, 5) is 4.24. The van der Waals surface area contributed by atoms with E-state index in [0.29, 0.717) is 5.82 Å². The molecular weight excluding hydrogens is 265 g/mol. The predicted molar refractivity (Wildman–Crippen MR) is 84.7 cm³/mol. The number of benzene rings is 1. The standard InChI is InChI=1S/C17H22FN3/c1-4-7-20-16(14-6-5-13(18)9-12(14)3)15-8-11(2)10-21-17(15)19/h5-6,8-10,16,20H,4,7H2,1-3H3,(H2,19,21). The minimum Gasteiger partial charge on any atom is -0.383 e. The lowest BCUT2D eigenvalue weighted by molar-refractivity contribution is 0.589. The fourth-order valence-electron chi connectivity index (χ4n) is 2.47. The molecule has 0 aliphatic rings. The molecule has 0 aliphatic carbocycles. The van der Waals surface area contributed by atoms with Gasteiger partial charge in [0, 0.05) is 11.8 Å². The lowest BCUT2D eigenvalue weighted by Crippen LogP contribution is -2.25. The Morgan fingerprint density at radius 2 is 2.00 bits per heavy atom. The number of nitrogens with two attached hydrogens (primary N) is 1. The predicted octanol–water partition coefficient (Wildman–Crippen LogP) is 3.51. The number of rotatable bonds is 5. The largest absolute Gasteiger partial charge is 0.383 e. The van der Waals surface area contributed by atoms with Gasteiger partial charge in [-0.1, -0.05) is 13.0 Å². The third kappa shape index (κ3) is 3.58. The topological polar surface area (TPSA) is 50.9 Å². The van der Waals surface area contributed by atoms with Crippen molar-refractivity contribution in [3.05, 3.63) is 58.5 Å². The van der Waals surface area contributed by atoms with E-state index in [1.807, 2.05) is 26.0 Å². The molecule has 0 saturated carbocycles. The van der Waals surface area contributed by atoms with Crippen LogP contribution in [0.4, 0.5) is 10.2 Å². The summed E-state index contributed by atoms with van der Waals surface area (Å²) in [5, 5.41) is 3.49. The van der Waals surface area contributed by atoms with Crippen molar-refractivity contribution in [1.82, 2.24) is 10.3 Å². The highest BCUT2D eigenvalue weighted by Gasteiger charge is 2.19. The lowest BCUT2D eigenvalue weighted by Gasteiger charge is -2.23. The molecule has 2 rings (SSSR count). The van der Waals surface area contributed by atoms with Gasteiger partial charge in [-0.3, -0.25) is 0 Å². The molecule has 1 atom stereocenters. The maximum atomic E-state index is 13.4. The summed E-state index contributed by atoms with van der Waals surface area (Å²) in [6, 6.07) is 6.83. The molecule has 0 bridgehead atoms. The number of hydrogen-bond donors (Lipinski definition) is 2. The number of nitrogen functional groups attached to an aromatic ring is 1. The van der Waals surface area contributed by atoms with Gasteiger partial charge in [0.05, 0.1) is 6.04 Å². The summed E-state index contributed by atoms with van der Waals surface area (Å²) in [7, 11) is 0. The molecular formula is C17H22FN3. The highest BCUT2D eigenvalue weighted by atomic mass is 19.1. The fourth-order valence-corrected chi connectivity index (χ4v) is 2.47. The quantitative estimate of drug-likeness (QED) is 0.884. The maximum Gasteiger partial charge on any atom is 0.128 e. The van der Waals surface area contributed by atoms with E-state index in [4.69, 9.17) is 5.73 Å². The van der Waals surface area contributed by atoms with Crippen molar-refractivity contribution in [2.24, 2.45) is 0 Å². The second-order valence-electron chi connectivity index (χ2n) is 5.38. The van der Waals surface area contributed by atoms with E-state index in [0.717, 1.165) is 35.2 Å². The van der Waals surface area contributed by atoms with Crippen LogP contribution in [0.5, 0.6) is 0 Å². The van der Waals surface area contributed by atoms with E-state index in [2.05, 4.69) is 17.2 Å². The van der Waals surface area contributed by atoms with Gasteiger partial charge in [0.15, 0.2) is 0 Å². The Morgan fingerprint density at radius 3 is 2.67 bits per heavy atom. The smallest absolute Gasteiger partial charge is 0.128 e. The number of anilines is 1. The summed E-state index contributed by atoms with van der Waals surface area (Å²) >= 11 is 0. The van der Waals surface area contributed by atoms with Gasteiger partial charge in [-0.2, -0.15) is 0 Å². The van der Waals surface area contributed by atoms with Gasteiger partial charge in [-0.15, -0.1) is 0 Å². The molecule has 1 aromatic carbocycles. The van der Waals surface area contributed by atoms with E-state index in [1.54, 1.807) is 12.3 Å². The Morgan fingerprint density at radius 1 is 1.24 bits per heavy atom. The van der Waals surface area contributed by atoms with Crippen molar-refractivity contribution in [3.8, 4) is 0 Å². The third-order valence-electron chi connectivity index (χ3n) is 3.54. The zero-order valence-electron chi connectivity index (χ0n) is 12.8. The summed E-state index contributed by atoms with van der Waals surface area (Å²) in [5.41, 5.74) is 9.99. The van der Waals surface area contributed by atoms with E-state index in [-0.39, 0.29) is 11.9 Å². The van der Waals surface area contributed by atoms with Gasteiger partial charge < -0.3 is 11.1 Å². The van der Waals surface area contributed by atoms with Crippen LogP contribution in [0.3, 0.4) is 0 Å². The number of halogens is 1. The molecule has 0 radical (unpaired) electrons. The molecule has 4 heteroatoms. The van der Waals surface area contributed by atoms with E-state index < -0.39 is 0 Å². The molecule has 0 amide bonds. The lowest BCUT2D eigenvalue weighted by atomic mass is 9.94. The molecule has 112 valence electrons. The first kappa shape index (κ1) is 15.4. The third-order valence-corrected chi connectivity index (χ3v) is 3.54. The van der Waals surface area contributed by atoms with Crippen molar-refractivity contribution in [2.45, 2.75) is 33.2 Å². The number of pyridine rings is 1. The Bertz CT molecular complexity index is 625. The number of nitrogens with zero attached hydrogens (tertiary/aromatic N) is 1. The van der Waals surface area contributed by atoms with Crippen LogP contribution in [0, 0.1) is 19.7 Å². The maximum absolute atomic E-state index is 13.4.